The summed E-state index contributed by atoms with van der Waals surface area (Å²) in [6, 6.07) is 0.503. The van der Waals surface area contributed by atoms with Gasteiger partial charge in [0.15, 0.2) is 0 Å². The summed E-state index contributed by atoms with van der Waals surface area (Å²) >= 11 is 0. The molecular formula is C25H39F3N4O. The van der Waals surface area contributed by atoms with E-state index in [-0.39, 0.29) is 54.6 Å². The van der Waals surface area contributed by atoms with Crippen molar-refractivity contribution in [3.05, 3.63) is 0 Å². The van der Waals surface area contributed by atoms with Crippen LogP contribution in [0.25, 0.3) is 0 Å². The van der Waals surface area contributed by atoms with Crippen LogP contribution < -0.4 is 10.7 Å². The summed E-state index contributed by atoms with van der Waals surface area (Å²) in [6.07, 6.45) is 3.89. The SMILES string of the molecule is CC(C)CC1=NNC(=O)C2CC(F)CC3NC(C4CCN(C5CCC(F)(F)CC5)CC4)C1C32. The first kappa shape index (κ1) is 23.6. The predicted molar refractivity (Wildman–Crippen MR) is 122 cm³/mol. The highest BCUT2D eigenvalue weighted by molar-refractivity contribution is 5.92. The molecule has 33 heavy (non-hydrogen) atoms. The third kappa shape index (κ3) is 4.71. The van der Waals surface area contributed by atoms with Crippen LogP contribution in [0.4, 0.5) is 13.2 Å². The Labute approximate surface area is 195 Å². The number of carbonyl (C=O) groups excluding carboxylic acids is 1. The highest BCUT2D eigenvalue weighted by Gasteiger charge is 2.56. The number of nitrogens with one attached hydrogen (secondary N) is 2. The van der Waals surface area contributed by atoms with E-state index in [2.05, 4.69) is 34.6 Å². The first-order valence-corrected chi connectivity index (χ1v) is 13.1. The van der Waals surface area contributed by atoms with Gasteiger partial charge < -0.3 is 10.2 Å². The fraction of sp³-hybridized carbons (Fsp3) is 0.920. The lowest BCUT2D eigenvalue weighted by atomic mass is 9.66. The molecule has 5 aliphatic rings. The van der Waals surface area contributed by atoms with Gasteiger partial charge in [-0.3, -0.25) is 4.79 Å². The molecule has 0 aromatic rings. The molecule has 3 heterocycles. The first-order chi connectivity index (χ1) is 15.7. The van der Waals surface area contributed by atoms with E-state index in [9.17, 15) is 18.0 Å². The van der Waals surface area contributed by atoms with Gasteiger partial charge in [0, 0.05) is 48.5 Å². The zero-order valence-corrected chi connectivity index (χ0v) is 19.9. The molecule has 0 bridgehead atoms. The molecule has 0 radical (unpaired) electrons. The second-order valence-electron chi connectivity index (χ2n) is 11.7. The van der Waals surface area contributed by atoms with Crippen molar-refractivity contribution < 1.29 is 18.0 Å². The topological polar surface area (TPSA) is 56.7 Å². The van der Waals surface area contributed by atoms with Crippen LogP contribution >= 0.6 is 0 Å². The molecule has 2 saturated heterocycles. The molecule has 4 fully saturated rings. The van der Waals surface area contributed by atoms with Crippen LogP contribution in [0.15, 0.2) is 5.10 Å². The second kappa shape index (κ2) is 9.14. The van der Waals surface area contributed by atoms with Crippen LogP contribution in [-0.2, 0) is 4.79 Å². The number of halogens is 3. The van der Waals surface area contributed by atoms with Crippen molar-refractivity contribution in [2.24, 2.45) is 34.7 Å². The van der Waals surface area contributed by atoms with Crippen molar-refractivity contribution in [3.8, 4) is 0 Å². The Bertz CT molecular complexity index is 757. The second-order valence-corrected chi connectivity index (χ2v) is 11.7. The quantitative estimate of drug-likeness (QED) is 0.652. The Morgan fingerprint density at radius 1 is 1.12 bits per heavy atom. The summed E-state index contributed by atoms with van der Waals surface area (Å²) in [6.45, 7) is 6.22. The fourth-order valence-electron chi connectivity index (χ4n) is 7.57. The molecule has 2 aliphatic carbocycles. The average molecular weight is 469 g/mol. The molecule has 6 atom stereocenters. The monoisotopic (exact) mass is 468 g/mol. The van der Waals surface area contributed by atoms with Crippen LogP contribution in [-0.4, -0.2) is 59.8 Å². The summed E-state index contributed by atoms with van der Waals surface area (Å²) in [5.74, 6) is -1.78. The lowest BCUT2D eigenvalue weighted by Gasteiger charge is -2.43. The number of carbonyl (C=O) groups is 1. The molecule has 8 heteroatoms. The van der Waals surface area contributed by atoms with Gasteiger partial charge in [-0.1, -0.05) is 13.8 Å². The lowest BCUT2D eigenvalue weighted by molar-refractivity contribution is -0.128. The molecule has 6 unspecified atom stereocenters. The van der Waals surface area contributed by atoms with Crippen molar-refractivity contribution in [1.29, 1.82) is 0 Å². The minimum absolute atomic E-state index is 0.00898. The Hall–Kier alpha value is -1.15. The van der Waals surface area contributed by atoms with Gasteiger partial charge in [-0.15, -0.1) is 0 Å². The van der Waals surface area contributed by atoms with Crippen LogP contribution in [0, 0.1) is 29.6 Å². The summed E-state index contributed by atoms with van der Waals surface area (Å²) in [5.41, 5.74) is 3.84. The number of piperidine rings is 1. The molecule has 5 rings (SSSR count). The molecule has 0 spiro atoms. The molecular weight excluding hydrogens is 429 g/mol. The number of nitrogens with zero attached hydrogens (tertiary/aromatic N) is 2. The molecule has 5 nitrogen and oxygen atoms in total. The molecule has 2 saturated carbocycles. The lowest BCUT2D eigenvalue weighted by Crippen LogP contribution is -2.49. The van der Waals surface area contributed by atoms with E-state index in [0.29, 0.717) is 37.5 Å². The zero-order valence-electron chi connectivity index (χ0n) is 19.9. The predicted octanol–water partition coefficient (Wildman–Crippen LogP) is 4.13. The van der Waals surface area contributed by atoms with Crippen molar-refractivity contribution in [1.82, 2.24) is 15.6 Å². The van der Waals surface area contributed by atoms with E-state index >= 15 is 0 Å². The maximum Gasteiger partial charge on any atom is 0.248 e. The van der Waals surface area contributed by atoms with E-state index in [4.69, 9.17) is 0 Å². The van der Waals surface area contributed by atoms with Crippen molar-refractivity contribution in [3.63, 3.8) is 0 Å². The van der Waals surface area contributed by atoms with Crippen molar-refractivity contribution in [2.45, 2.75) is 102 Å². The summed E-state index contributed by atoms with van der Waals surface area (Å²) < 4.78 is 41.8. The number of rotatable bonds is 4. The van der Waals surface area contributed by atoms with Gasteiger partial charge >= 0.3 is 0 Å². The largest absolute Gasteiger partial charge is 0.310 e. The molecule has 186 valence electrons. The van der Waals surface area contributed by atoms with Crippen LogP contribution in [0.5, 0.6) is 0 Å². The number of hydrogen-bond acceptors (Lipinski definition) is 4. The Morgan fingerprint density at radius 2 is 1.82 bits per heavy atom. The summed E-state index contributed by atoms with van der Waals surface area (Å²) in [4.78, 5) is 15.2. The van der Waals surface area contributed by atoms with Gasteiger partial charge in [-0.25, -0.2) is 18.6 Å². The number of hydrazone groups is 1. The first-order valence-electron chi connectivity index (χ1n) is 13.1. The molecule has 1 amide bonds. The summed E-state index contributed by atoms with van der Waals surface area (Å²) in [7, 11) is 0. The number of amides is 1. The number of likely N-dealkylation sites (tertiary alicyclic amines) is 1. The standard InChI is InChI=1S/C25H39F3N4O/c1-14(2)11-20-22-21-18(24(33)31-30-20)12-16(26)13-19(21)29-23(22)15-5-9-32(10-6-15)17-3-7-25(27,28)8-4-17/h14-19,21-23,29H,3-13H2,1-2H3,(H,31,33). The van der Waals surface area contributed by atoms with Gasteiger partial charge in [0.25, 0.3) is 0 Å². The van der Waals surface area contributed by atoms with Gasteiger partial charge in [0.05, 0.1) is 0 Å². The Balaban J connectivity index is 1.31. The fourth-order valence-corrected chi connectivity index (χ4v) is 7.57. The van der Waals surface area contributed by atoms with E-state index in [0.717, 1.165) is 38.1 Å². The smallest absolute Gasteiger partial charge is 0.248 e. The van der Waals surface area contributed by atoms with Crippen molar-refractivity contribution in [2.75, 3.05) is 13.1 Å². The minimum Gasteiger partial charge on any atom is -0.310 e. The number of hydrogen-bond donors (Lipinski definition) is 2. The van der Waals surface area contributed by atoms with Crippen LogP contribution in [0.1, 0.15) is 71.6 Å². The van der Waals surface area contributed by atoms with Gasteiger partial charge in [0.2, 0.25) is 11.8 Å². The van der Waals surface area contributed by atoms with Gasteiger partial charge in [-0.2, -0.15) is 5.10 Å². The van der Waals surface area contributed by atoms with E-state index < -0.39 is 12.1 Å². The highest BCUT2D eigenvalue weighted by atomic mass is 19.3. The van der Waals surface area contributed by atoms with Crippen LogP contribution in [0.3, 0.4) is 0 Å². The highest BCUT2D eigenvalue weighted by Crippen LogP contribution is 2.48. The maximum atomic E-state index is 14.6. The molecule has 2 N–H and O–H groups in total. The van der Waals surface area contributed by atoms with Crippen LogP contribution in [0.2, 0.25) is 0 Å². The third-order valence-electron chi connectivity index (χ3n) is 9.09. The average Bonchev–Trinajstić information content (AvgIpc) is 3.08. The van der Waals surface area contributed by atoms with Gasteiger partial charge in [0.1, 0.15) is 6.17 Å². The Morgan fingerprint density at radius 3 is 2.48 bits per heavy atom. The van der Waals surface area contributed by atoms with Gasteiger partial charge in [-0.05, 0) is 75.8 Å². The van der Waals surface area contributed by atoms with E-state index in [1.54, 1.807) is 0 Å². The van der Waals surface area contributed by atoms with E-state index in [1.807, 2.05) is 0 Å². The summed E-state index contributed by atoms with van der Waals surface area (Å²) in [5, 5.41) is 8.40. The van der Waals surface area contributed by atoms with Crippen molar-refractivity contribution >= 4 is 11.6 Å². The normalized spacial score (nSPS) is 40.3. The third-order valence-corrected chi connectivity index (χ3v) is 9.09. The number of alkyl halides is 3. The van der Waals surface area contributed by atoms with E-state index in [1.165, 1.54) is 0 Å². The maximum absolute atomic E-state index is 14.6. The molecule has 0 aromatic heterocycles. The minimum atomic E-state index is -2.49. The molecule has 0 aromatic carbocycles. The zero-order chi connectivity index (χ0) is 23.3. The Kier molecular flexibility index (Phi) is 6.53. The molecule has 3 aliphatic heterocycles.